The summed E-state index contributed by atoms with van der Waals surface area (Å²) in [6.45, 7) is 0.0567. The van der Waals surface area contributed by atoms with Crippen LogP contribution in [-0.2, 0) is 11.3 Å². The van der Waals surface area contributed by atoms with E-state index >= 15 is 0 Å². The number of methoxy groups -OCH3 is 1. The molecule has 0 aliphatic rings. The van der Waals surface area contributed by atoms with Crippen molar-refractivity contribution in [2.75, 3.05) is 7.11 Å². The van der Waals surface area contributed by atoms with Crippen LogP contribution in [0, 0.1) is 0 Å². The monoisotopic (exact) mass is 309 g/mol. The Hall–Kier alpha value is -3.08. The van der Waals surface area contributed by atoms with E-state index in [0.717, 1.165) is 11.3 Å². The summed E-state index contributed by atoms with van der Waals surface area (Å²) in [6.07, 6.45) is 0. The highest BCUT2D eigenvalue weighted by atomic mass is 16.5. The van der Waals surface area contributed by atoms with Gasteiger partial charge >= 0.3 is 5.97 Å². The molecule has 0 saturated carbocycles. The highest BCUT2D eigenvalue weighted by Crippen LogP contribution is 2.24. The van der Waals surface area contributed by atoms with E-state index in [9.17, 15) is 4.79 Å². The van der Waals surface area contributed by atoms with Gasteiger partial charge in [0, 0.05) is 11.6 Å². The van der Waals surface area contributed by atoms with Gasteiger partial charge in [0.1, 0.15) is 18.1 Å². The molecule has 2 aromatic carbocycles. The first-order valence-corrected chi connectivity index (χ1v) is 7.08. The predicted molar refractivity (Wildman–Crippen MR) is 84.1 cm³/mol. The number of aromatic nitrogens is 1. The van der Waals surface area contributed by atoms with E-state index in [1.807, 2.05) is 30.3 Å². The Balaban J connectivity index is 1.66. The number of hydrogen-bond acceptors (Lipinski definition) is 5. The topological polar surface area (TPSA) is 61.6 Å². The van der Waals surface area contributed by atoms with E-state index < -0.39 is 5.97 Å². The number of esters is 1. The molecule has 5 heteroatoms. The molecule has 5 nitrogen and oxygen atoms in total. The van der Waals surface area contributed by atoms with Crippen molar-refractivity contribution in [2.45, 2.75) is 6.61 Å². The normalized spacial score (nSPS) is 10.3. The molecule has 116 valence electrons. The van der Waals surface area contributed by atoms with Gasteiger partial charge in [-0.15, -0.1) is 0 Å². The molecule has 0 atom stereocenters. The standard InChI is InChI=1S/C18H15NO4/c1-21-16-9-5-8-14(10-16)17-11-15(19-23-17)12-22-18(20)13-6-3-2-4-7-13/h2-11H,12H2,1H3. The molecule has 0 aliphatic carbocycles. The van der Waals surface area contributed by atoms with Gasteiger partial charge in [-0.05, 0) is 24.3 Å². The molecule has 1 aromatic heterocycles. The van der Waals surface area contributed by atoms with Crippen molar-refractivity contribution in [3.05, 3.63) is 71.9 Å². The van der Waals surface area contributed by atoms with Crippen LogP contribution in [0.3, 0.4) is 0 Å². The fourth-order valence-corrected chi connectivity index (χ4v) is 2.09. The largest absolute Gasteiger partial charge is 0.497 e. The molecular weight excluding hydrogens is 294 g/mol. The third-order valence-electron chi connectivity index (χ3n) is 3.27. The van der Waals surface area contributed by atoms with Gasteiger partial charge in [0.05, 0.1) is 12.7 Å². The molecule has 0 N–H and O–H groups in total. The number of rotatable bonds is 5. The molecule has 0 amide bonds. The molecule has 0 bridgehead atoms. The zero-order valence-corrected chi connectivity index (χ0v) is 12.6. The predicted octanol–water partition coefficient (Wildman–Crippen LogP) is 3.71. The number of carbonyl (C=O) groups is 1. The Morgan fingerprint density at radius 2 is 1.91 bits per heavy atom. The minimum Gasteiger partial charge on any atom is -0.497 e. The molecule has 0 fully saturated rings. The average Bonchev–Trinajstić information content (AvgIpc) is 3.09. The molecule has 0 radical (unpaired) electrons. The van der Waals surface area contributed by atoms with Crippen LogP contribution in [-0.4, -0.2) is 18.2 Å². The average molecular weight is 309 g/mol. The lowest BCUT2D eigenvalue weighted by molar-refractivity contribution is 0.0464. The van der Waals surface area contributed by atoms with Gasteiger partial charge < -0.3 is 14.0 Å². The number of benzene rings is 2. The Kier molecular flexibility index (Phi) is 4.38. The van der Waals surface area contributed by atoms with Crippen molar-refractivity contribution in [1.29, 1.82) is 0 Å². The molecular formula is C18H15NO4. The summed E-state index contributed by atoms with van der Waals surface area (Å²) in [7, 11) is 1.61. The lowest BCUT2D eigenvalue weighted by atomic mass is 10.1. The first kappa shape index (κ1) is 14.8. The van der Waals surface area contributed by atoms with Crippen molar-refractivity contribution in [1.82, 2.24) is 5.16 Å². The van der Waals surface area contributed by atoms with Crippen LogP contribution in [0.4, 0.5) is 0 Å². The van der Waals surface area contributed by atoms with Crippen molar-refractivity contribution in [2.24, 2.45) is 0 Å². The quantitative estimate of drug-likeness (QED) is 0.672. The number of hydrogen-bond donors (Lipinski definition) is 0. The summed E-state index contributed by atoms with van der Waals surface area (Å²) in [5, 5.41) is 3.92. The van der Waals surface area contributed by atoms with E-state index in [4.69, 9.17) is 14.0 Å². The van der Waals surface area contributed by atoms with Crippen molar-refractivity contribution >= 4 is 5.97 Å². The van der Waals surface area contributed by atoms with E-state index in [1.165, 1.54) is 0 Å². The smallest absolute Gasteiger partial charge is 0.338 e. The maximum absolute atomic E-state index is 11.9. The summed E-state index contributed by atoms with van der Waals surface area (Å²) in [6, 6.07) is 18.0. The second-order valence-electron chi connectivity index (χ2n) is 4.86. The molecule has 0 aliphatic heterocycles. The maximum atomic E-state index is 11.9. The van der Waals surface area contributed by atoms with Gasteiger partial charge in [0.2, 0.25) is 0 Å². The van der Waals surface area contributed by atoms with Crippen molar-refractivity contribution < 1.29 is 18.8 Å². The fraction of sp³-hybridized carbons (Fsp3) is 0.111. The van der Waals surface area contributed by atoms with Gasteiger partial charge in [-0.3, -0.25) is 0 Å². The van der Waals surface area contributed by atoms with Crippen LogP contribution in [0.25, 0.3) is 11.3 Å². The van der Waals surface area contributed by atoms with E-state index in [0.29, 0.717) is 17.0 Å². The minimum absolute atomic E-state index is 0.0567. The highest BCUT2D eigenvalue weighted by Gasteiger charge is 2.11. The summed E-state index contributed by atoms with van der Waals surface area (Å²) >= 11 is 0. The zero-order chi connectivity index (χ0) is 16.1. The summed E-state index contributed by atoms with van der Waals surface area (Å²) in [5.41, 5.74) is 1.90. The molecule has 3 rings (SSSR count). The summed E-state index contributed by atoms with van der Waals surface area (Å²) < 4.78 is 15.7. The molecule has 0 spiro atoms. The molecule has 3 aromatic rings. The Bertz CT molecular complexity index is 796. The van der Waals surface area contributed by atoms with Gasteiger partial charge in [0.25, 0.3) is 0 Å². The molecule has 1 heterocycles. The number of ether oxygens (including phenoxy) is 2. The maximum Gasteiger partial charge on any atom is 0.338 e. The van der Waals surface area contributed by atoms with Crippen LogP contribution in [0.5, 0.6) is 5.75 Å². The Morgan fingerprint density at radius 1 is 1.09 bits per heavy atom. The molecule has 23 heavy (non-hydrogen) atoms. The lowest BCUT2D eigenvalue weighted by Gasteiger charge is -2.01. The SMILES string of the molecule is COc1cccc(-c2cc(COC(=O)c3ccccc3)no2)c1. The zero-order valence-electron chi connectivity index (χ0n) is 12.6. The summed E-state index contributed by atoms with van der Waals surface area (Å²) in [5.74, 6) is 0.933. The highest BCUT2D eigenvalue weighted by molar-refractivity contribution is 5.89. The van der Waals surface area contributed by atoms with Crippen LogP contribution >= 0.6 is 0 Å². The van der Waals surface area contributed by atoms with Gasteiger partial charge in [-0.25, -0.2) is 4.79 Å². The fourth-order valence-electron chi connectivity index (χ4n) is 2.09. The van der Waals surface area contributed by atoms with E-state index in [-0.39, 0.29) is 6.61 Å². The first-order chi connectivity index (χ1) is 11.3. The second kappa shape index (κ2) is 6.79. The third-order valence-corrected chi connectivity index (χ3v) is 3.27. The second-order valence-corrected chi connectivity index (χ2v) is 4.86. The van der Waals surface area contributed by atoms with Crippen LogP contribution < -0.4 is 4.74 Å². The van der Waals surface area contributed by atoms with Gasteiger partial charge in [-0.1, -0.05) is 35.5 Å². The molecule has 0 unspecified atom stereocenters. The van der Waals surface area contributed by atoms with E-state index in [2.05, 4.69) is 5.16 Å². The Labute approximate surface area is 133 Å². The van der Waals surface area contributed by atoms with Crippen LogP contribution in [0.1, 0.15) is 16.1 Å². The van der Waals surface area contributed by atoms with E-state index in [1.54, 1.807) is 37.4 Å². The van der Waals surface area contributed by atoms with Gasteiger partial charge in [-0.2, -0.15) is 0 Å². The van der Waals surface area contributed by atoms with Crippen molar-refractivity contribution in [3.8, 4) is 17.1 Å². The lowest BCUT2D eigenvalue weighted by Crippen LogP contribution is -2.04. The third kappa shape index (κ3) is 3.58. The van der Waals surface area contributed by atoms with Crippen LogP contribution in [0.2, 0.25) is 0 Å². The van der Waals surface area contributed by atoms with Crippen LogP contribution in [0.15, 0.2) is 65.2 Å². The number of carbonyl (C=O) groups excluding carboxylic acids is 1. The Morgan fingerprint density at radius 3 is 2.70 bits per heavy atom. The summed E-state index contributed by atoms with van der Waals surface area (Å²) in [4.78, 5) is 11.9. The van der Waals surface area contributed by atoms with Gasteiger partial charge in [0.15, 0.2) is 5.76 Å². The van der Waals surface area contributed by atoms with Crippen molar-refractivity contribution in [3.63, 3.8) is 0 Å². The minimum atomic E-state index is -0.392. The number of nitrogens with zero attached hydrogens (tertiary/aromatic N) is 1. The molecule has 0 saturated heterocycles. The first-order valence-electron chi connectivity index (χ1n) is 7.08.